The summed E-state index contributed by atoms with van der Waals surface area (Å²) < 4.78 is 13.0. The summed E-state index contributed by atoms with van der Waals surface area (Å²) in [6.07, 6.45) is 6.29. The van der Waals surface area contributed by atoms with Crippen LogP contribution in [0.2, 0.25) is 0 Å². The minimum Gasteiger partial charge on any atom is -0.493 e. The number of nitrogens with zero attached hydrogens (tertiary/aromatic N) is 3. The van der Waals surface area contributed by atoms with Crippen LogP contribution in [0.1, 0.15) is 22.3 Å². The predicted molar refractivity (Wildman–Crippen MR) is 139 cm³/mol. The number of methoxy groups -OCH3 is 2. The maximum Gasteiger partial charge on any atom is 0.246 e. The molecule has 5 rings (SSSR count). The Kier molecular flexibility index (Phi) is 6.03. The smallest absolute Gasteiger partial charge is 0.246 e. The van der Waals surface area contributed by atoms with Crippen molar-refractivity contribution in [3.63, 3.8) is 0 Å². The number of aryl methyl sites for hydroxylation is 2. The Morgan fingerprint density at radius 1 is 1.03 bits per heavy atom. The summed E-state index contributed by atoms with van der Waals surface area (Å²) in [6.45, 7) is 3.24. The van der Waals surface area contributed by atoms with Gasteiger partial charge < -0.3 is 18.9 Å². The number of amides is 1. The van der Waals surface area contributed by atoms with Gasteiger partial charge in [0.05, 0.1) is 19.9 Å². The van der Waals surface area contributed by atoms with Crippen LogP contribution in [0.5, 0.6) is 11.5 Å². The first kappa shape index (κ1) is 22.7. The Labute approximate surface area is 205 Å². The minimum atomic E-state index is -0.0120. The highest BCUT2D eigenvalue weighted by molar-refractivity contribution is 6.00. The highest BCUT2D eigenvalue weighted by Crippen LogP contribution is 2.35. The zero-order valence-electron chi connectivity index (χ0n) is 20.5. The van der Waals surface area contributed by atoms with E-state index in [4.69, 9.17) is 9.47 Å². The van der Waals surface area contributed by atoms with Crippen LogP contribution in [-0.4, -0.2) is 41.1 Å². The van der Waals surface area contributed by atoms with Gasteiger partial charge in [-0.25, -0.2) is 4.98 Å². The number of carbonyl (C=O) groups is 1. The summed E-state index contributed by atoms with van der Waals surface area (Å²) in [4.78, 5) is 19.8. The third-order valence-corrected chi connectivity index (χ3v) is 6.67. The molecule has 6 heteroatoms. The molecule has 1 aliphatic rings. The molecule has 1 amide bonds. The van der Waals surface area contributed by atoms with Crippen LogP contribution in [0.25, 0.3) is 28.4 Å². The fourth-order valence-corrected chi connectivity index (χ4v) is 4.89. The molecule has 0 N–H and O–H groups in total. The molecule has 2 aromatic carbocycles. The Morgan fingerprint density at radius 2 is 1.74 bits per heavy atom. The van der Waals surface area contributed by atoms with E-state index in [1.807, 2.05) is 61.5 Å². The molecule has 0 unspecified atom stereocenters. The number of rotatable bonds is 5. The van der Waals surface area contributed by atoms with E-state index >= 15 is 0 Å². The fraction of sp³-hybridized carbons (Fsp3) is 0.241. The molecule has 6 nitrogen and oxygen atoms in total. The van der Waals surface area contributed by atoms with Crippen LogP contribution in [0.3, 0.4) is 0 Å². The number of hydrogen-bond donors (Lipinski definition) is 0. The number of hydrogen-bond acceptors (Lipinski definition) is 4. The summed E-state index contributed by atoms with van der Waals surface area (Å²) >= 11 is 0. The van der Waals surface area contributed by atoms with Gasteiger partial charge in [0.2, 0.25) is 5.91 Å². The lowest BCUT2D eigenvalue weighted by molar-refractivity contribution is -0.126. The number of ether oxygens (including phenoxy) is 2. The number of benzene rings is 2. The molecule has 0 saturated heterocycles. The second-order valence-electron chi connectivity index (χ2n) is 8.89. The number of pyridine rings is 1. The molecular formula is C29H29N3O3. The normalized spacial score (nSPS) is 13.3. The van der Waals surface area contributed by atoms with Gasteiger partial charge >= 0.3 is 0 Å². The average Bonchev–Trinajstić information content (AvgIpc) is 3.16. The fourth-order valence-electron chi connectivity index (χ4n) is 4.89. The van der Waals surface area contributed by atoms with E-state index in [1.165, 1.54) is 5.56 Å². The van der Waals surface area contributed by atoms with Gasteiger partial charge in [0.1, 0.15) is 5.65 Å². The van der Waals surface area contributed by atoms with Gasteiger partial charge in [0.15, 0.2) is 11.5 Å². The van der Waals surface area contributed by atoms with Crippen LogP contribution in [-0.2, 0) is 24.8 Å². The van der Waals surface area contributed by atoms with Gasteiger partial charge in [0.25, 0.3) is 0 Å². The second kappa shape index (κ2) is 9.29. The monoisotopic (exact) mass is 467 g/mol. The van der Waals surface area contributed by atoms with E-state index in [-0.39, 0.29) is 5.91 Å². The molecule has 0 atom stereocenters. The van der Waals surface area contributed by atoms with Crippen molar-refractivity contribution < 1.29 is 14.3 Å². The SMILES string of the molecule is COc1cc2c(cc1OC)CN(C(=O)C=Cc1c(-c3ccccc3)n(C)c3ncc(C)cc13)CC2. The molecular weight excluding hydrogens is 438 g/mol. The standard InChI is InChI=1S/C29H29N3O3/c1-19-14-24-23(28(20-8-6-5-7-9-20)31(2)29(24)30-17-19)10-11-27(33)32-13-12-21-15-25(34-3)26(35-4)16-22(21)18-32/h5-11,14-17H,12-13,18H2,1-4H3. The average molecular weight is 468 g/mol. The van der Waals surface area contributed by atoms with Gasteiger partial charge in [-0.1, -0.05) is 30.3 Å². The first-order valence-electron chi connectivity index (χ1n) is 11.7. The highest BCUT2D eigenvalue weighted by Gasteiger charge is 2.22. The predicted octanol–water partition coefficient (Wildman–Crippen LogP) is 5.16. The molecule has 0 bridgehead atoms. The summed E-state index contributed by atoms with van der Waals surface area (Å²) in [7, 11) is 5.29. The van der Waals surface area contributed by atoms with E-state index in [0.29, 0.717) is 18.8 Å². The van der Waals surface area contributed by atoms with Gasteiger partial charge in [-0.2, -0.15) is 0 Å². The lowest BCUT2D eigenvalue weighted by atomic mass is 9.98. The molecule has 0 aliphatic carbocycles. The zero-order valence-corrected chi connectivity index (χ0v) is 20.5. The van der Waals surface area contributed by atoms with Crippen LogP contribution in [0, 0.1) is 6.92 Å². The van der Waals surface area contributed by atoms with Crippen molar-refractivity contribution in [2.45, 2.75) is 19.9 Å². The molecule has 35 heavy (non-hydrogen) atoms. The van der Waals surface area contributed by atoms with E-state index < -0.39 is 0 Å². The van der Waals surface area contributed by atoms with Gasteiger partial charge in [-0.3, -0.25) is 4.79 Å². The van der Waals surface area contributed by atoms with Crippen LogP contribution >= 0.6 is 0 Å². The summed E-state index contributed by atoms with van der Waals surface area (Å²) in [5.74, 6) is 1.39. The summed E-state index contributed by atoms with van der Waals surface area (Å²) in [5.41, 5.74) is 7.40. The summed E-state index contributed by atoms with van der Waals surface area (Å²) in [5, 5.41) is 1.04. The van der Waals surface area contributed by atoms with E-state index in [1.54, 1.807) is 20.3 Å². The summed E-state index contributed by atoms with van der Waals surface area (Å²) in [6, 6.07) is 16.4. The van der Waals surface area contributed by atoms with E-state index in [2.05, 4.69) is 27.8 Å². The third-order valence-electron chi connectivity index (χ3n) is 6.67. The van der Waals surface area contributed by atoms with Gasteiger partial charge in [-0.15, -0.1) is 0 Å². The molecule has 4 aromatic rings. The van der Waals surface area contributed by atoms with Gasteiger partial charge in [-0.05, 0) is 59.9 Å². The number of fused-ring (bicyclic) bond motifs is 2. The first-order chi connectivity index (χ1) is 17.0. The Bertz CT molecular complexity index is 1440. The van der Waals surface area contributed by atoms with Gasteiger partial charge in [0, 0.05) is 43.4 Å². The Balaban J connectivity index is 1.49. The maximum atomic E-state index is 13.3. The van der Waals surface area contributed by atoms with Crippen LogP contribution in [0.4, 0.5) is 0 Å². The van der Waals surface area contributed by atoms with Crippen molar-refractivity contribution in [1.82, 2.24) is 14.5 Å². The molecule has 0 saturated carbocycles. The maximum absolute atomic E-state index is 13.3. The molecule has 3 heterocycles. The largest absolute Gasteiger partial charge is 0.493 e. The van der Waals surface area contributed by atoms with Crippen molar-refractivity contribution >= 4 is 23.0 Å². The van der Waals surface area contributed by atoms with Crippen molar-refractivity contribution in [1.29, 1.82) is 0 Å². The zero-order chi connectivity index (χ0) is 24.5. The molecule has 2 aromatic heterocycles. The van der Waals surface area contributed by atoms with Crippen LogP contribution in [0.15, 0.2) is 60.8 Å². The molecule has 0 spiro atoms. The molecule has 0 fully saturated rings. The molecule has 178 valence electrons. The quantitative estimate of drug-likeness (QED) is 0.380. The van der Waals surface area contributed by atoms with Crippen molar-refractivity contribution in [3.05, 3.63) is 83.1 Å². The van der Waals surface area contributed by atoms with Crippen LogP contribution < -0.4 is 9.47 Å². The Morgan fingerprint density at radius 3 is 2.46 bits per heavy atom. The topological polar surface area (TPSA) is 56.6 Å². The minimum absolute atomic E-state index is 0.0120. The van der Waals surface area contributed by atoms with E-state index in [0.717, 1.165) is 51.2 Å². The van der Waals surface area contributed by atoms with Crippen molar-refractivity contribution in [2.24, 2.45) is 7.05 Å². The number of carbonyl (C=O) groups excluding carboxylic acids is 1. The first-order valence-corrected chi connectivity index (χ1v) is 11.7. The molecule has 1 aliphatic heterocycles. The van der Waals surface area contributed by atoms with Crippen molar-refractivity contribution in [3.8, 4) is 22.8 Å². The van der Waals surface area contributed by atoms with E-state index in [9.17, 15) is 4.79 Å². The lowest BCUT2D eigenvalue weighted by Gasteiger charge is -2.28. The van der Waals surface area contributed by atoms with Crippen molar-refractivity contribution in [2.75, 3.05) is 20.8 Å². The molecule has 0 radical (unpaired) electrons. The lowest BCUT2D eigenvalue weighted by Crippen LogP contribution is -2.34. The second-order valence-corrected chi connectivity index (χ2v) is 8.89. The Hall–Kier alpha value is -4.06. The third kappa shape index (κ3) is 4.16. The highest BCUT2D eigenvalue weighted by atomic mass is 16.5. The number of aromatic nitrogens is 2.